The minimum absolute atomic E-state index is 0.222. The van der Waals surface area contributed by atoms with Crippen LogP contribution in [0.4, 0.5) is 11.6 Å². The number of fused-ring (bicyclic) bond motifs is 1. The van der Waals surface area contributed by atoms with Crippen LogP contribution in [0.3, 0.4) is 0 Å². The maximum absolute atomic E-state index is 13.6. The number of anilines is 2. The number of rotatable bonds is 6. The number of nitrogens with one attached hydrogen (secondary N) is 2. The highest BCUT2D eigenvalue weighted by Gasteiger charge is 2.33. The van der Waals surface area contributed by atoms with Crippen molar-refractivity contribution in [2.75, 3.05) is 10.6 Å². The van der Waals surface area contributed by atoms with Crippen LogP contribution in [0.5, 0.6) is 5.75 Å². The summed E-state index contributed by atoms with van der Waals surface area (Å²) in [5.41, 5.74) is 4.61. The molecular weight excluding hydrogens is 497 g/mol. The van der Waals surface area contributed by atoms with E-state index < -0.39 is 6.04 Å². The molecule has 4 aromatic rings. The van der Waals surface area contributed by atoms with E-state index in [0.29, 0.717) is 33.0 Å². The Hall–Kier alpha value is -3.81. The molecule has 1 atom stereocenters. The van der Waals surface area contributed by atoms with E-state index in [1.807, 2.05) is 68.4 Å². The van der Waals surface area contributed by atoms with Crippen LogP contribution in [-0.2, 0) is 11.4 Å². The van der Waals surface area contributed by atoms with Crippen LogP contribution in [0.15, 0.2) is 84.3 Å². The summed E-state index contributed by atoms with van der Waals surface area (Å²) in [4.78, 5) is 17.9. The first kappa shape index (κ1) is 23.9. The van der Waals surface area contributed by atoms with Crippen LogP contribution < -0.4 is 15.4 Å². The van der Waals surface area contributed by atoms with Crippen molar-refractivity contribution in [3.63, 3.8) is 0 Å². The number of aryl methyl sites for hydroxylation is 1. The predicted octanol–water partition coefficient (Wildman–Crippen LogP) is 6.40. The number of benzene rings is 3. The van der Waals surface area contributed by atoms with Crippen molar-refractivity contribution < 1.29 is 9.53 Å². The molecule has 0 spiro atoms. The van der Waals surface area contributed by atoms with E-state index >= 15 is 0 Å². The molecule has 0 bridgehead atoms. The van der Waals surface area contributed by atoms with Crippen LogP contribution in [0, 0.1) is 6.92 Å². The molecule has 36 heavy (non-hydrogen) atoms. The number of aromatic nitrogens is 3. The lowest BCUT2D eigenvalue weighted by Crippen LogP contribution is -2.31. The predicted molar refractivity (Wildman–Crippen MR) is 142 cm³/mol. The maximum atomic E-state index is 13.6. The Labute approximate surface area is 218 Å². The number of carbonyl (C=O) groups excluding carboxylic acids is 1. The average Bonchev–Trinajstić information content (AvgIpc) is 3.32. The molecule has 1 aliphatic heterocycles. The van der Waals surface area contributed by atoms with Crippen molar-refractivity contribution in [3.05, 3.63) is 111 Å². The molecule has 0 radical (unpaired) electrons. The summed E-state index contributed by atoms with van der Waals surface area (Å²) in [5, 5.41) is 11.8. The molecule has 0 saturated carbocycles. The summed E-state index contributed by atoms with van der Waals surface area (Å²) >= 11 is 12.3. The summed E-state index contributed by atoms with van der Waals surface area (Å²) in [6.45, 7) is 4.09. The summed E-state index contributed by atoms with van der Waals surface area (Å²) in [5.74, 6) is 0.971. The average molecular weight is 520 g/mol. The Balaban J connectivity index is 1.46. The van der Waals surface area contributed by atoms with Crippen molar-refractivity contribution in [2.45, 2.75) is 26.5 Å². The fraction of sp³-hybridized carbons (Fsp3) is 0.148. The third-order valence-corrected chi connectivity index (χ3v) is 6.60. The van der Waals surface area contributed by atoms with Gasteiger partial charge in [-0.25, -0.2) is 4.68 Å². The van der Waals surface area contributed by atoms with Gasteiger partial charge in [0.25, 0.3) is 5.91 Å². The Morgan fingerprint density at radius 1 is 1.08 bits per heavy atom. The molecule has 0 fully saturated rings. The highest BCUT2D eigenvalue weighted by Crippen LogP contribution is 2.36. The van der Waals surface area contributed by atoms with Gasteiger partial charge in [-0.2, -0.15) is 10.1 Å². The first-order valence-corrected chi connectivity index (χ1v) is 12.1. The molecule has 9 heteroatoms. The molecule has 182 valence electrons. The van der Waals surface area contributed by atoms with E-state index in [1.54, 1.807) is 16.8 Å². The van der Waals surface area contributed by atoms with Gasteiger partial charge in [0.15, 0.2) is 0 Å². The third kappa shape index (κ3) is 4.80. The Morgan fingerprint density at radius 2 is 1.92 bits per heavy atom. The Kier molecular flexibility index (Phi) is 6.67. The molecule has 0 unspecified atom stereocenters. The summed E-state index contributed by atoms with van der Waals surface area (Å²) in [6.07, 6.45) is 1.47. The summed E-state index contributed by atoms with van der Waals surface area (Å²) in [6, 6.07) is 20.1. The largest absolute Gasteiger partial charge is 0.489 e. The highest BCUT2D eigenvalue weighted by atomic mass is 35.5. The number of para-hydroxylation sites is 1. The van der Waals surface area contributed by atoms with Crippen LogP contribution >= 0.6 is 23.2 Å². The zero-order valence-corrected chi connectivity index (χ0v) is 21.1. The van der Waals surface area contributed by atoms with Gasteiger partial charge in [-0.05, 0) is 55.3 Å². The monoisotopic (exact) mass is 519 g/mol. The third-order valence-electron chi connectivity index (χ3n) is 6.02. The fourth-order valence-corrected chi connectivity index (χ4v) is 4.63. The van der Waals surface area contributed by atoms with Gasteiger partial charge in [0, 0.05) is 27.0 Å². The standard InChI is InChI=1S/C27H23Cl2N5O2/c1-16-6-3-4-9-23(16)33-26(35)24-17(2)32-27-30-15-31-34(27)25(24)18-7-5-8-21(12-18)36-14-19-10-11-20(28)13-22(19)29/h3-13,15,25H,14H2,1-2H3,(H,33,35)(H,30,31,32)/t25-/m1/s1. The number of hydrogen-bond acceptors (Lipinski definition) is 5. The van der Waals surface area contributed by atoms with Crippen molar-refractivity contribution >= 4 is 40.7 Å². The van der Waals surface area contributed by atoms with Crippen molar-refractivity contribution in [3.8, 4) is 5.75 Å². The normalized spacial score (nSPS) is 14.7. The number of halogens is 2. The lowest BCUT2D eigenvalue weighted by molar-refractivity contribution is -0.113. The van der Waals surface area contributed by atoms with Gasteiger partial charge in [-0.15, -0.1) is 0 Å². The molecule has 5 rings (SSSR count). The highest BCUT2D eigenvalue weighted by molar-refractivity contribution is 6.35. The molecule has 2 heterocycles. The summed E-state index contributed by atoms with van der Waals surface area (Å²) in [7, 11) is 0. The van der Waals surface area contributed by atoms with E-state index in [4.69, 9.17) is 27.9 Å². The van der Waals surface area contributed by atoms with Gasteiger partial charge < -0.3 is 15.4 Å². The zero-order chi connectivity index (χ0) is 25.2. The van der Waals surface area contributed by atoms with Crippen LogP contribution in [-0.4, -0.2) is 20.7 Å². The smallest absolute Gasteiger partial charge is 0.255 e. The van der Waals surface area contributed by atoms with Gasteiger partial charge in [-0.3, -0.25) is 4.79 Å². The number of carbonyl (C=O) groups is 1. The molecule has 2 N–H and O–H groups in total. The fourth-order valence-electron chi connectivity index (χ4n) is 4.17. The molecule has 1 aliphatic rings. The SMILES string of the molecule is CC1=C(C(=O)Nc2ccccc2C)[C@@H](c2cccc(OCc3ccc(Cl)cc3Cl)c2)n2ncnc2N1. The van der Waals surface area contributed by atoms with Gasteiger partial charge in [0.1, 0.15) is 24.7 Å². The number of allylic oxidation sites excluding steroid dienone is 1. The molecular formula is C27H23Cl2N5O2. The van der Waals surface area contributed by atoms with Gasteiger partial charge >= 0.3 is 0 Å². The molecule has 3 aromatic carbocycles. The van der Waals surface area contributed by atoms with Crippen LogP contribution in [0.25, 0.3) is 0 Å². The number of ether oxygens (including phenoxy) is 1. The molecule has 1 aromatic heterocycles. The first-order chi connectivity index (χ1) is 17.4. The van der Waals surface area contributed by atoms with Gasteiger partial charge in [0.05, 0.1) is 5.57 Å². The van der Waals surface area contributed by atoms with Crippen molar-refractivity contribution in [1.82, 2.24) is 14.8 Å². The topological polar surface area (TPSA) is 81.1 Å². The molecule has 1 amide bonds. The second kappa shape index (κ2) is 10.0. The number of amides is 1. The van der Waals surface area contributed by atoms with Crippen molar-refractivity contribution in [2.24, 2.45) is 0 Å². The minimum atomic E-state index is -0.504. The number of nitrogens with zero attached hydrogens (tertiary/aromatic N) is 3. The molecule has 7 nitrogen and oxygen atoms in total. The van der Waals surface area contributed by atoms with Gasteiger partial charge in [0.2, 0.25) is 5.95 Å². The molecule has 0 saturated heterocycles. The van der Waals surface area contributed by atoms with E-state index in [0.717, 1.165) is 22.4 Å². The lowest BCUT2D eigenvalue weighted by atomic mass is 9.94. The minimum Gasteiger partial charge on any atom is -0.489 e. The van der Waals surface area contributed by atoms with Gasteiger partial charge in [-0.1, -0.05) is 59.6 Å². The maximum Gasteiger partial charge on any atom is 0.255 e. The quantitative estimate of drug-likeness (QED) is 0.308. The second-order valence-corrected chi connectivity index (χ2v) is 9.30. The number of hydrogen-bond donors (Lipinski definition) is 2. The zero-order valence-electron chi connectivity index (χ0n) is 19.6. The van der Waals surface area contributed by atoms with E-state index in [9.17, 15) is 4.79 Å². The Bertz CT molecular complexity index is 1480. The Morgan fingerprint density at radius 3 is 2.72 bits per heavy atom. The van der Waals surface area contributed by atoms with E-state index in [-0.39, 0.29) is 12.5 Å². The lowest BCUT2D eigenvalue weighted by Gasteiger charge is -2.29. The second-order valence-electron chi connectivity index (χ2n) is 8.46. The van der Waals surface area contributed by atoms with E-state index in [1.165, 1.54) is 6.33 Å². The molecule has 0 aliphatic carbocycles. The first-order valence-electron chi connectivity index (χ1n) is 11.3. The van der Waals surface area contributed by atoms with Crippen LogP contribution in [0.1, 0.15) is 29.7 Å². The van der Waals surface area contributed by atoms with Crippen molar-refractivity contribution in [1.29, 1.82) is 0 Å². The summed E-state index contributed by atoms with van der Waals surface area (Å²) < 4.78 is 7.75. The van der Waals surface area contributed by atoms with Crippen LogP contribution in [0.2, 0.25) is 10.0 Å². The van der Waals surface area contributed by atoms with E-state index in [2.05, 4.69) is 20.7 Å².